The lowest BCUT2D eigenvalue weighted by molar-refractivity contribution is 0.504. The first kappa shape index (κ1) is 18.3. The molecule has 0 saturated carbocycles. The summed E-state index contributed by atoms with van der Waals surface area (Å²) >= 11 is 6.06. The molecule has 1 aromatic heterocycles. The van der Waals surface area contributed by atoms with E-state index in [4.69, 9.17) is 16.0 Å². The smallest absolute Gasteiger partial charge is 0.415 e. The summed E-state index contributed by atoms with van der Waals surface area (Å²) in [5.41, 5.74) is 0.661. The van der Waals surface area contributed by atoms with E-state index in [-0.39, 0.29) is 11.3 Å². The Balaban J connectivity index is 2.26. The van der Waals surface area contributed by atoms with Crippen LogP contribution in [0.15, 0.2) is 50.7 Å². The van der Waals surface area contributed by atoms with Crippen molar-refractivity contribution >= 4 is 21.4 Å². The van der Waals surface area contributed by atoms with E-state index in [1.165, 1.54) is 6.07 Å². The van der Waals surface area contributed by atoms with Crippen LogP contribution >= 0.6 is 11.6 Å². The van der Waals surface area contributed by atoms with Crippen LogP contribution in [0.3, 0.4) is 0 Å². The first-order valence-electron chi connectivity index (χ1n) is 7.26. The van der Waals surface area contributed by atoms with E-state index in [0.717, 1.165) is 22.6 Å². The summed E-state index contributed by atoms with van der Waals surface area (Å²) in [6, 6.07) is 5.99. The van der Waals surface area contributed by atoms with Crippen molar-refractivity contribution in [2.45, 2.75) is 11.8 Å². The maximum atomic E-state index is 14.5. The van der Waals surface area contributed by atoms with E-state index in [2.05, 4.69) is 0 Å². The third-order valence-corrected chi connectivity index (χ3v) is 5.32. The lowest BCUT2D eigenvalue weighted by atomic mass is 10.1. The highest BCUT2D eigenvalue weighted by Crippen LogP contribution is 2.29. The molecule has 1 heterocycles. The van der Waals surface area contributed by atoms with Gasteiger partial charge < -0.3 is 4.42 Å². The number of halogens is 3. The fourth-order valence-corrected chi connectivity index (χ4v) is 3.37. The lowest BCUT2D eigenvalue weighted by Crippen LogP contribution is -2.14. The molecule has 0 bridgehead atoms. The second-order valence-corrected chi connectivity index (χ2v) is 8.08. The molecular formula is C17H12ClF2NO4S. The van der Waals surface area contributed by atoms with Gasteiger partial charge in [0.1, 0.15) is 22.8 Å². The summed E-state index contributed by atoms with van der Waals surface area (Å²) in [6.07, 6.45) is 1.74. The molecule has 0 aliphatic rings. The molecule has 0 amide bonds. The SMILES string of the molecule is Cc1ccc(-n2c(-c3cc(F)c(S(C)(=O)=O)cc3F)coc2=O)cc1Cl. The molecule has 3 aromatic rings. The van der Waals surface area contributed by atoms with Crippen LogP contribution in [0.2, 0.25) is 5.02 Å². The molecule has 0 fully saturated rings. The van der Waals surface area contributed by atoms with Crippen molar-refractivity contribution < 1.29 is 21.6 Å². The normalized spacial score (nSPS) is 11.7. The fraction of sp³-hybridized carbons (Fsp3) is 0.118. The maximum Gasteiger partial charge on any atom is 0.424 e. The highest BCUT2D eigenvalue weighted by atomic mass is 35.5. The van der Waals surface area contributed by atoms with Crippen molar-refractivity contribution in [3.8, 4) is 16.9 Å². The van der Waals surface area contributed by atoms with Crippen LogP contribution in [-0.4, -0.2) is 19.2 Å². The van der Waals surface area contributed by atoms with Gasteiger partial charge in [-0.3, -0.25) is 0 Å². The summed E-state index contributed by atoms with van der Waals surface area (Å²) in [5, 5.41) is 0.376. The Labute approximate surface area is 152 Å². The molecule has 0 aliphatic heterocycles. The minimum absolute atomic E-state index is 0.0774. The zero-order valence-electron chi connectivity index (χ0n) is 13.6. The van der Waals surface area contributed by atoms with Gasteiger partial charge in [-0.15, -0.1) is 0 Å². The quantitative estimate of drug-likeness (QED) is 0.672. The minimum atomic E-state index is -3.95. The van der Waals surface area contributed by atoms with Crippen molar-refractivity contribution in [1.82, 2.24) is 4.57 Å². The summed E-state index contributed by atoms with van der Waals surface area (Å²) in [7, 11) is -3.95. The summed E-state index contributed by atoms with van der Waals surface area (Å²) in [5.74, 6) is -2.97. The van der Waals surface area contributed by atoms with Gasteiger partial charge in [-0.1, -0.05) is 17.7 Å². The van der Waals surface area contributed by atoms with Gasteiger partial charge in [0.2, 0.25) is 0 Å². The fourth-order valence-electron chi connectivity index (χ4n) is 2.47. The number of rotatable bonds is 3. The van der Waals surface area contributed by atoms with Crippen molar-refractivity contribution in [3.63, 3.8) is 0 Å². The third-order valence-electron chi connectivity index (χ3n) is 3.81. The molecule has 0 radical (unpaired) electrons. The van der Waals surface area contributed by atoms with E-state index in [9.17, 15) is 22.0 Å². The molecule has 0 spiro atoms. The van der Waals surface area contributed by atoms with Gasteiger partial charge in [0.15, 0.2) is 9.84 Å². The number of nitrogens with zero attached hydrogens (tertiary/aromatic N) is 1. The van der Waals surface area contributed by atoms with Crippen molar-refractivity contribution in [1.29, 1.82) is 0 Å². The zero-order chi connectivity index (χ0) is 19.2. The first-order valence-corrected chi connectivity index (χ1v) is 9.53. The number of oxazole rings is 1. The van der Waals surface area contributed by atoms with Crippen LogP contribution in [0.5, 0.6) is 0 Å². The van der Waals surface area contributed by atoms with Crippen LogP contribution in [-0.2, 0) is 9.84 Å². The number of benzene rings is 2. The Morgan fingerprint density at radius 3 is 2.42 bits per heavy atom. The van der Waals surface area contributed by atoms with Crippen LogP contribution < -0.4 is 5.76 Å². The van der Waals surface area contributed by atoms with Gasteiger partial charge in [-0.25, -0.2) is 26.6 Å². The molecule has 5 nitrogen and oxygen atoms in total. The second kappa shape index (κ2) is 6.37. The van der Waals surface area contributed by atoms with Gasteiger partial charge in [0.25, 0.3) is 0 Å². The summed E-state index contributed by atoms with van der Waals surface area (Å²) in [4.78, 5) is 11.3. The molecule has 3 rings (SSSR count). The Bertz CT molecular complexity index is 1180. The molecule has 0 atom stereocenters. The lowest BCUT2D eigenvalue weighted by Gasteiger charge is -2.10. The molecule has 26 heavy (non-hydrogen) atoms. The molecule has 0 N–H and O–H groups in total. The van der Waals surface area contributed by atoms with E-state index in [1.54, 1.807) is 19.1 Å². The van der Waals surface area contributed by atoms with E-state index >= 15 is 0 Å². The van der Waals surface area contributed by atoms with Crippen molar-refractivity contribution in [2.24, 2.45) is 0 Å². The van der Waals surface area contributed by atoms with Gasteiger partial charge in [0.05, 0.1) is 11.4 Å². The number of hydrogen-bond donors (Lipinski definition) is 0. The molecule has 2 aromatic carbocycles. The molecule has 0 unspecified atom stereocenters. The maximum absolute atomic E-state index is 14.5. The van der Waals surface area contributed by atoms with Gasteiger partial charge >= 0.3 is 5.76 Å². The van der Waals surface area contributed by atoms with E-state index < -0.39 is 32.1 Å². The number of sulfone groups is 1. The predicted molar refractivity (Wildman–Crippen MR) is 92.5 cm³/mol. The first-order chi connectivity index (χ1) is 12.1. The van der Waals surface area contributed by atoms with E-state index in [1.807, 2.05) is 0 Å². The number of hydrogen-bond acceptors (Lipinski definition) is 4. The standard InChI is InChI=1S/C17H12ClF2NO4S/c1-9-3-4-10(5-12(9)18)21-15(8-25-17(21)22)11-6-14(20)16(7-13(11)19)26(2,23)24/h3-8H,1-2H3. The molecular weight excluding hydrogens is 388 g/mol. The Hall–Kier alpha value is -2.45. The van der Waals surface area contributed by atoms with Crippen molar-refractivity contribution in [3.05, 3.63) is 69.4 Å². The molecule has 9 heteroatoms. The summed E-state index contributed by atoms with van der Waals surface area (Å²) < 4.78 is 57.5. The Morgan fingerprint density at radius 2 is 1.81 bits per heavy atom. The van der Waals surface area contributed by atoms with Crippen molar-refractivity contribution in [2.75, 3.05) is 6.26 Å². The van der Waals surface area contributed by atoms with Crippen LogP contribution in [0, 0.1) is 18.6 Å². The van der Waals surface area contributed by atoms with Crippen LogP contribution in [0.1, 0.15) is 5.56 Å². The molecule has 136 valence electrons. The van der Waals surface area contributed by atoms with Gasteiger partial charge in [0, 0.05) is 16.8 Å². The minimum Gasteiger partial charge on any atom is -0.415 e. The molecule has 0 aliphatic carbocycles. The van der Waals surface area contributed by atoms with Crippen LogP contribution in [0.25, 0.3) is 16.9 Å². The average molecular weight is 400 g/mol. The monoisotopic (exact) mass is 399 g/mol. The van der Waals surface area contributed by atoms with Crippen LogP contribution in [0.4, 0.5) is 8.78 Å². The average Bonchev–Trinajstić information content (AvgIpc) is 2.92. The zero-order valence-corrected chi connectivity index (χ0v) is 15.2. The largest absolute Gasteiger partial charge is 0.424 e. The van der Waals surface area contributed by atoms with E-state index in [0.29, 0.717) is 22.8 Å². The molecule has 0 saturated heterocycles. The summed E-state index contributed by atoms with van der Waals surface area (Å²) in [6.45, 7) is 1.77. The van der Waals surface area contributed by atoms with Gasteiger partial charge in [-0.2, -0.15) is 0 Å². The number of aromatic nitrogens is 1. The highest BCUT2D eigenvalue weighted by molar-refractivity contribution is 7.90. The Kier molecular flexibility index (Phi) is 4.49. The number of aryl methyl sites for hydroxylation is 1. The highest BCUT2D eigenvalue weighted by Gasteiger charge is 2.22. The second-order valence-electron chi connectivity index (χ2n) is 5.69. The Morgan fingerprint density at radius 1 is 1.12 bits per heavy atom. The van der Waals surface area contributed by atoms with Gasteiger partial charge in [-0.05, 0) is 36.8 Å². The predicted octanol–water partition coefficient (Wildman–Crippen LogP) is 3.74. The third kappa shape index (κ3) is 3.17. The topological polar surface area (TPSA) is 69.3 Å².